The lowest BCUT2D eigenvalue weighted by Gasteiger charge is -2.08. The Bertz CT molecular complexity index is 1270. The number of carbonyl (C=O) groups excluding carboxylic acids is 2. The van der Waals surface area contributed by atoms with Gasteiger partial charge in [-0.2, -0.15) is 5.10 Å². The van der Waals surface area contributed by atoms with Crippen molar-refractivity contribution in [2.45, 2.75) is 19.9 Å². The van der Waals surface area contributed by atoms with Gasteiger partial charge in [-0.3, -0.25) is 19.0 Å². The van der Waals surface area contributed by atoms with Crippen LogP contribution in [-0.4, -0.2) is 31.0 Å². The number of amides is 1. The third-order valence-electron chi connectivity index (χ3n) is 4.71. The number of hydrogen-bond acceptors (Lipinski definition) is 5. The molecule has 0 bridgehead atoms. The van der Waals surface area contributed by atoms with Crippen molar-refractivity contribution in [3.05, 3.63) is 83.0 Å². The minimum atomic E-state index is -0.249. The van der Waals surface area contributed by atoms with Crippen LogP contribution in [0.4, 0.5) is 5.69 Å². The van der Waals surface area contributed by atoms with Gasteiger partial charge in [-0.25, -0.2) is 9.67 Å². The minimum Gasteiger partial charge on any atom is -0.326 e. The van der Waals surface area contributed by atoms with Crippen LogP contribution < -0.4 is 10.9 Å². The molecule has 0 aliphatic heterocycles. The topological polar surface area (TPSA) is 98.9 Å². The van der Waals surface area contributed by atoms with Crippen LogP contribution in [0.5, 0.6) is 0 Å². The fraction of sp³-hybridized carbons (Fsp3) is 0.136. The molecule has 0 spiro atoms. The number of ketones is 1. The molecule has 0 fully saturated rings. The number of nitrogens with one attached hydrogen (secondary N) is 1. The van der Waals surface area contributed by atoms with E-state index in [4.69, 9.17) is 0 Å². The van der Waals surface area contributed by atoms with Gasteiger partial charge in [0.05, 0.1) is 18.2 Å². The predicted molar refractivity (Wildman–Crippen MR) is 113 cm³/mol. The van der Waals surface area contributed by atoms with Crippen LogP contribution in [0.3, 0.4) is 0 Å². The van der Waals surface area contributed by atoms with Gasteiger partial charge in [0.15, 0.2) is 11.4 Å². The predicted octanol–water partition coefficient (Wildman–Crippen LogP) is 2.81. The number of para-hydroxylation sites is 1. The molecule has 0 saturated carbocycles. The van der Waals surface area contributed by atoms with E-state index in [1.165, 1.54) is 24.0 Å². The zero-order valence-corrected chi connectivity index (χ0v) is 16.3. The average molecular weight is 401 g/mol. The molecular weight excluding hydrogens is 382 g/mol. The fourth-order valence-electron chi connectivity index (χ4n) is 3.10. The van der Waals surface area contributed by atoms with Gasteiger partial charge in [-0.15, -0.1) is 0 Å². The Morgan fingerprint density at radius 1 is 1.03 bits per heavy atom. The highest BCUT2D eigenvalue weighted by Gasteiger charge is 2.12. The van der Waals surface area contributed by atoms with Crippen molar-refractivity contribution < 1.29 is 9.59 Å². The molecule has 0 saturated heterocycles. The van der Waals surface area contributed by atoms with E-state index in [0.29, 0.717) is 22.3 Å². The van der Waals surface area contributed by atoms with E-state index in [-0.39, 0.29) is 30.2 Å². The van der Waals surface area contributed by atoms with E-state index >= 15 is 0 Å². The first-order valence-electron chi connectivity index (χ1n) is 9.42. The van der Waals surface area contributed by atoms with Crippen molar-refractivity contribution >= 4 is 28.4 Å². The number of fused-ring (bicyclic) bond motifs is 1. The number of hydrogen-bond donors (Lipinski definition) is 1. The summed E-state index contributed by atoms with van der Waals surface area (Å²) < 4.78 is 3.01. The highest BCUT2D eigenvalue weighted by molar-refractivity contribution is 5.95. The average Bonchev–Trinajstić information content (AvgIpc) is 3.19. The minimum absolute atomic E-state index is 0.0364. The van der Waals surface area contributed by atoms with Crippen LogP contribution in [0.15, 0.2) is 71.9 Å². The molecule has 0 atom stereocenters. The van der Waals surface area contributed by atoms with Crippen molar-refractivity contribution in [3.8, 4) is 5.69 Å². The zero-order valence-electron chi connectivity index (χ0n) is 16.3. The molecule has 0 aliphatic rings. The standard InChI is InChI=1S/C22H19N5O3/c1-15(28)16-7-9-17(10-8-16)25-20(29)11-12-26-14-23-21-19(22(26)30)13-24-27(21)18-5-3-2-4-6-18/h2-10,13-14H,11-12H2,1H3,(H,25,29). The maximum Gasteiger partial charge on any atom is 0.264 e. The first-order valence-corrected chi connectivity index (χ1v) is 9.42. The molecular formula is C22H19N5O3. The van der Waals surface area contributed by atoms with Crippen LogP contribution in [0.2, 0.25) is 0 Å². The molecule has 30 heavy (non-hydrogen) atoms. The molecule has 4 rings (SSSR count). The molecule has 2 aromatic carbocycles. The summed E-state index contributed by atoms with van der Waals surface area (Å²) in [6.45, 7) is 1.68. The molecule has 2 heterocycles. The van der Waals surface area contributed by atoms with Crippen molar-refractivity contribution in [1.82, 2.24) is 19.3 Å². The Balaban J connectivity index is 1.46. The van der Waals surface area contributed by atoms with Gasteiger partial charge in [-0.05, 0) is 43.3 Å². The summed E-state index contributed by atoms with van der Waals surface area (Å²) in [7, 11) is 0. The smallest absolute Gasteiger partial charge is 0.264 e. The van der Waals surface area contributed by atoms with Crippen LogP contribution in [0.25, 0.3) is 16.7 Å². The van der Waals surface area contributed by atoms with Crippen molar-refractivity contribution in [2.75, 3.05) is 5.32 Å². The molecule has 1 amide bonds. The van der Waals surface area contributed by atoms with Crippen molar-refractivity contribution in [1.29, 1.82) is 0 Å². The number of benzene rings is 2. The molecule has 150 valence electrons. The van der Waals surface area contributed by atoms with Gasteiger partial charge in [0.25, 0.3) is 5.56 Å². The number of anilines is 1. The van der Waals surface area contributed by atoms with Crippen LogP contribution in [0, 0.1) is 0 Å². The number of rotatable bonds is 6. The highest BCUT2D eigenvalue weighted by atomic mass is 16.2. The quantitative estimate of drug-likeness (QED) is 0.501. The molecule has 0 radical (unpaired) electrons. The van der Waals surface area contributed by atoms with E-state index in [1.807, 2.05) is 30.3 Å². The number of aryl methyl sites for hydroxylation is 1. The summed E-state index contributed by atoms with van der Waals surface area (Å²) >= 11 is 0. The van der Waals surface area contributed by atoms with E-state index in [0.717, 1.165) is 5.69 Å². The van der Waals surface area contributed by atoms with E-state index < -0.39 is 0 Å². The summed E-state index contributed by atoms with van der Waals surface area (Å²) in [5, 5.41) is 7.42. The molecule has 8 nitrogen and oxygen atoms in total. The van der Waals surface area contributed by atoms with Crippen molar-refractivity contribution in [2.24, 2.45) is 0 Å². The molecule has 4 aromatic rings. The van der Waals surface area contributed by atoms with Gasteiger partial charge >= 0.3 is 0 Å². The second-order valence-corrected chi connectivity index (χ2v) is 6.80. The summed E-state index contributed by atoms with van der Waals surface area (Å²) in [6, 6.07) is 16.1. The van der Waals surface area contributed by atoms with Crippen LogP contribution in [0.1, 0.15) is 23.7 Å². The third-order valence-corrected chi connectivity index (χ3v) is 4.71. The second kappa shape index (κ2) is 8.12. The Kier molecular flexibility index (Phi) is 5.21. The van der Waals surface area contributed by atoms with Gasteiger partial charge in [0.2, 0.25) is 5.91 Å². The SMILES string of the molecule is CC(=O)c1ccc(NC(=O)CCn2cnc3c(cnn3-c3ccccc3)c2=O)cc1. The Labute approximate surface area is 171 Å². The molecule has 1 N–H and O–H groups in total. The Morgan fingerprint density at radius 3 is 2.47 bits per heavy atom. The third kappa shape index (κ3) is 3.88. The van der Waals surface area contributed by atoms with Gasteiger partial charge < -0.3 is 5.32 Å². The second-order valence-electron chi connectivity index (χ2n) is 6.80. The summed E-state index contributed by atoms with van der Waals surface area (Å²) in [4.78, 5) is 40.7. The van der Waals surface area contributed by atoms with Gasteiger partial charge in [0, 0.05) is 24.2 Å². The number of Topliss-reactive ketones (excluding diaryl/α,β-unsaturated/α-hetero) is 1. The zero-order chi connectivity index (χ0) is 21.1. The lowest BCUT2D eigenvalue weighted by atomic mass is 10.1. The number of carbonyl (C=O) groups is 2. The fourth-order valence-corrected chi connectivity index (χ4v) is 3.10. The molecule has 2 aromatic heterocycles. The largest absolute Gasteiger partial charge is 0.326 e. The number of aromatic nitrogens is 4. The summed E-state index contributed by atoms with van der Waals surface area (Å²) in [5.41, 5.74) is 2.20. The van der Waals surface area contributed by atoms with Gasteiger partial charge in [0.1, 0.15) is 5.39 Å². The monoisotopic (exact) mass is 401 g/mol. The van der Waals surface area contributed by atoms with Gasteiger partial charge in [-0.1, -0.05) is 18.2 Å². The normalized spacial score (nSPS) is 10.8. The Hall–Kier alpha value is -4.07. The van der Waals surface area contributed by atoms with E-state index in [9.17, 15) is 14.4 Å². The lowest BCUT2D eigenvalue weighted by Crippen LogP contribution is -2.23. The summed E-state index contributed by atoms with van der Waals surface area (Å²) in [6.07, 6.45) is 3.03. The first-order chi connectivity index (χ1) is 14.5. The molecule has 0 aliphatic carbocycles. The van der Waals surface area contributed by atoms with E-state index in [1.54, 1.807) is 28.9 Å². The number of nitrogens with zero attached hydrogens (tertiary/aromatic N) is 4. The van der Waals surface area contributed by atoms with Crippen molar-refractivity contribution in [3.63, 3.8) is 0 Å². The molecule has 0 unspecified atom stereocenters. The van der Waals surface area contributed by atoms with Crippen LogP contribution >= 0.6 is 0 Å². The summed E-state index contributed by atoms with van der Waals surface area (Å²) in [5.74, 6) is -0.275. The van der Waals surface area contributed by atoms with Crippen LogP contribution in [-0.2, 0) is 11.3 Å². The highest BCUT2D eigenvalue weighted by Crippen LogP contribution is 2.13. The first kappa shape index (κ1) is 19.3. The maximum absolute atomic E-state index is 12.8. The lowest BCUT2D eigenvalue weighted by molar-refractivity contribution is -0.116. The van der Waals surface area contributed by atoms with E-state index in [2.05, 4.69) is 15.4 Å². The molecule has 8 heteroatoms. The Morgan fingerprint density at radius 2 is 1.77 bits per heavy atom. The maximum atomic E-state index is 12.8.